The summed E-state index contributed by atoms with van der Waals surface area (Å²) in [5.41, 5.74) is 0. The minimum atomic E-state index is -1.98. The van der Waals surface area contributed by atoms with Crippen LogP contribution in [0.4, 0.5) is 0 Å². The number of aliphatic hydroxyl groups excluding tert-OH is 11. The number of hydrogen-bond donors (Lipinski definition) is 12. The molecule has 0 aromatic rings. The maximum atomic E-state index is 13.4. The number of nitrogens with one attached hydrogen (secondary N) is 1. The van der Waals surface area contributed by atoms with Crippen molar-refractivity contribution in [1.29, 1.82) is 0 Å². The van der Waals surface area contributed by atoms with Gasteiger partial charge in [0.1, 0.15) is 73.2 Å². The summed E-state index contributed by atoms with van der Waals surface area (Å²) < 4.78 is 34.3. The van der Waals surface area contributed by atoms with Crippen LogP contribution in [-0.4, -0.2) is 193 Å². The highest BCUT2D eigenvalue weighted by Gasteiger charge is 2.53. The molecule has 1 amide bonds. The summed E-state index contributed by atoms with van der Waals surface area (Å²) in [5.74, 6) is -0.287. The fourth-order valence-electron chi connectivity index (χ4n) is 11.1. The van der Waals surface area contributed by atoms with Crippen molar-refractivity contribution in [2.24, 2.45) is 0 Å². The van der Waals surface area contributed by atoms with Gasteiger partial charge >= 0.3 is 0 Å². The second-order valence-corrected chi connectivity index (χ2v) is 24.3. The van der Waals surface area contributed by atoms with Crippen LogP contribution < -0.4 is 5.32 Å². The molecule has 3 rings (SSSR count). The molecule has 17 unspecified atom stereocenters. The normalized spacial score (nSPS) is 28.8. The molecule has 12 N–H and O–H groups in total. The van der Waals surface area contributed by atoms with E-state index in [0.29, 0.717) is 6.42 Å². The predicted octanol–water partition coefficient (Wildman–Crippen LogP) is 8.71. The van der Waals surface area contributed by atoms with E-state index < -0.39 is 124 Å². The molecule has 0 bridgehead atoms. The molecule has 0 radical (unpaired) electrons. The molecule has 0 aromatic carbocycles. The van der Waals surface area contributed by atoms with Crippen molar-refractivity contribution in [2.45, 2.75) is 324 Å². The van der Waals surface area contributed by atoms with Crippen LogP contribution >= 0.6 is 0 Å². The van der Waals surface area contributed by atoms with Gasteiger partial charge in [0.05, 0.1) is 38.6 Å². The van der Waals surface area contributed by atoms with Crippen molar-refractivity contribution in [1.82, 2.24) is 5.32 Å². The van der Waals surface area contributed by atoms with E-state index in [0.717, 1.165) is 103 Å². The predicted molar refractivity (Wildman–Crippen MR) is 346 cm³/mol. The molecule has 19 heteroatoms. The SMILES string of the molecule is CC/C=C\C/C=C\C/C=C\C/C=C\C/C=C\C/C=C\CCCCCCCCCCC(=O)NC(COC1OC(CO)C(OC2OC(CO)C(OC3OC(CO)C(O)C(O)C3O)C(O)C2O)C(O)C1O)C(O)/C=C/CCCCCCCCCCCCCCCCC. The molecule has 3 aliphatic rings. The summed E-state index contributed by atoms with van der Waals surface area (Å²) in [4.78, 5) is 13.4. The highest BCUT2D eigenvalue weighted by atomic mass is 16.8. The van der Waals surface area contributed by atoms with Gasteiger partial charge in [-0.05, 0) is 70.6 Å². The first-order valence-corrected chi connectivity index (χ1v) is 34.3. The molecule has 3 aliphatic heterocycles. The summed E-state index contributed by atoms with van der Waals surface area (Å²) in [6.45, 7) is 1.61. The Morgan fingerprint density at radius 1 is 0.416 bits per heavy atom. The largest absolute Gasteiger partial charge is 0.394 e. The number of amides is 1. The van der Waals surface area contributed by atoms with Crippen molar-refractivity contribution in [3.05, 3.63) is 85.1 Å². The maximum absolute atomic E-state index is 13.4. The Kier molecular flexibility index (Phi) is 46.3. The molecule has 0 aromatic heterocycles. The molecule has 3 heterocycles. The lowest BCUT2D eigenvalue weighted by Gasteiger charge is -2.48. The van der Waals surface area contributed by atoms with Crippen LogP contribution in [0.3, 0.4) is 0 Å². The number of unbranched alkanes of at least 4 members (excludes halogenated alkanes) is 23. The van der Waals surface area contributed by atoms with E-state index in [-0.39, 0.29) is 18.9 Å². The van der Waals surface area contributed by atoms with Gasteiger partial charge in [-0.1, -0.05) is 227 Å². The lowest BCUT2D eigenvalue weighted by Crippen LogP contribution is -2.66. The Morgan fingerprint density at radius 2 is 0.775 bits per heavy atom. The van der Waals surface area contributed by atoms with Gasteiger partial charge in [-0.3, -0.25) is 4.79 Å². The zero-order valence-corrected chi connectivity index (χ0v) is 54.1. The molecule has 0 spiro atoms. The zero-order valence-electron chi connectivity index (χ0n) is 54.1. The van der Waals surface area contributed by atoms with Crippen molar-refractivity contribution >= 4 is 5.91 Å². The van der Waals surface area contributed by atoms with Crippen LogP contribution in [-0.2, 0) is 33.2 Å². The smallest absolute Gasteiger partial charge is 0.220 e. The van der Waals surface area contributed by atoms with E-state index in [2.05, 4.69) is 92.1 Å². The molecular weight excluding hydrogens is 1140 g/mol. The monoisotopic (exact) mass is 1260 g/mol. The zero-order chi connectivity index (χ0) is 64.7. The van der Waals surface area contributed by atoms with Gasteiger partial charge in [0.15, 0.2) is 18.9 Å². The van der Waals surface area contributed by atoms with Crippen LogP contribution in [0.1, 0.15) is 219 Å². The Labute approximate surface area is 533 Å². The van der Waals surface area contributed by atoms with Gasteiger partial charge in [0.25, 0.3) is 0 Å². The quantitative estimate of drug-likeness (QED) is 0.0200. The Balaban J connectivity index is 1.44. The van der Waals surface area contributed by atoms with E-state index in [4.69, 9.17) is 28.4 Å². The first kappa shape index (κ1) is 80.2. The first-order valence-electron chi connectivity index (χ1n) is 34.3. The fourth-order valence-corrected chi connectivity index (χ4v) is 11.1. The van der Waals surface area contributed by atoms with Crippen molar-refractivity contribution in [2.75, 3.05) is 26.4 Å². The van der Waals surface area contributed by atoms with E-state index >= 15 is 0 Å². The summed E-state index contributed by atoms with van der Waals surface area (Å²) >= 11 is 0. The Bertz CT molecular complexity index is 1940. The molecule has 89 heavy (non-hydrogen) atoms. The fraction of sp³-hybridized carbons (Fsp3) is 0.786. The van der Waals surface area contributed by atoms with Crippen LogP contribution in [0.5, 0.6) is 0 Å². The molecule has 3 fully saturated rings. The van der Waals surface area contributed by atoms with Gasteiger partial charge in [0, 0.05) is 6.42 Å². The average Bonchev–Trinajstić information content (AvgIpc) is 2.46. The van der Waals surface area contributed by atoms with Gasteiger partial charge < -0.3 is 89.9 Å². The second-order valence-electron chi connectivity index (χ2n) is 24.3. The molecular formula is C70H121NO18. The minimum Gasteiger partial charge on any atom is -0.394 e. The van der Waals surface area contributed by atoms with E-state index in [1.54, 1.807) is 6.08 Å². The van der Waals surface area contributed by atoms with E-state index in [1.807, 2.05) is 6.08 Å². The minimum absolute atomic E-state index is 0.229. The van der Waals surface area contributed by atoms with Gasteiger partial charge in [0.2, 0.25) is 5.91 Å². The summed E-state index contributed by atoms with van der Waals surface area (Å²) in [7, 11) is 0. The number of rotatable bonds is 51. The van der Waals surface area contributed by atoms with Crippen molar-refractivity contribution < 1.29 is 89.4 Å². The number of carbonyl (C=O) groups is 1. The van der Waals surface area contributed by atoms with Crippen LogP contribution in [0.15, 0.2) is 85.1 Å². The average molecular weight is 1260 g/mol. The number of carbonyl (C=O) groups excluding carboxylic acids is 1. The van der Waals surface area contributed by atoms with Gasteiger partial charge in [-0.25, -0.2) is 0 Å². The Morgan fingerprint density at radius 3 is 1.21 bits per heavy atom. The van der Waals surface area contributed by atoms with Crippen LogP contribution in [0.25, 0.3) is 0 Å². The lowest BCUT2D eigenvalue weighted by atomic mass is 9.96. The molecule has 3 saturated heterocycles. The van der Waals surface area contributed by atoms with E-state index in [9.17, 15) is 61.0 Å². The topological polar surface area (TPSA) is 307 Å². The summed E-state index contributed by atoms with van der Waals surface area (Å²) in [5, 5.41) is 120. The van der Waals surface area contributed by atoms with Crippen molar-refractivity contribution in [3.63, 3.8) is 0 Å². The lowest BCUT2D eigenvalue weighted by molar-refractivity contribution is -0.379. The van der Waals surface area contributed by atoms with Crippen molar-refractivity contribution in [3.8, 4) is 0 Å². The third kappa shape index (κ3) is 33.6. The standard InChI is InChI=1S/C70H121NO18/c1-3-5-7-9-11-13-15-17-19-21-22-23-24-25-26-27-28-29-30-32-34-36-38-40-42-44-46-48-58(76)71-53(54(75)47-45-43-41-39-37-35-33-31-20-18-16-14-12-10-8-6-4-2)52-84-68-64(82)61(79)66(56(50-73)86-68)89-70-65(83)62(80)67(57(51-74)87-70)88-69-63(81)60(78)59(77)55(49-72)85-69/h5,7,11,13,17,19,22-23,25-26,28-29,45,47,53-57,59-70,72-75,77-83H,3-4,6,8-10,12,14-16,18,20-21,24,27,30-44,46,48-52H2,1-2H3,(H,71,76)/b7-5-,13-11-,19-17-,23-22-,26-25-,29-28-,47-45+. The first-order chi connectivity index (χ1) is 43.3. The van der Waals surface area contributed by atoms with Crippen LogP contribution in [0.2, 0.25) is 0 Å². The second kappa shape index (κ2) is 51.4. The molecule has 19 nitrogen and oxygen atoms in total. The molecule has 0 aliphatic carbocycles. The van der Waals surface area contributed by atoms with Gasteiger partial charge in [-0.2, -0.15) is 0 Å². The number of aliphatic hydroxyl groups is 11. The number of allylic oxidation sites excluding steroid dienone is 13. The third-order valence-corrected chi connectivity index (χ3v) is 16.7. The molecule has 514 valence electrons. The summed E-state index contributed by atoms with van der Waals surface area (Å²) in [6.07, 6.45) is 38.3. The van der Waals surface area contributed by atoms with E-state index in [1.165, 1.54) is 89.9 Å². The molecule has 17 atom stereocenters. The highest BCUT2D eigenvalue weighted by Crippen LogP contribution is 2.33. The highest BCUT2D eigenvalue weighted by molar-refractivity contribution is 5.76. The molecule has 0 saturated carbocycles. The number of hydrogen-bond acceptors (Lipinski definition) is 18. The van der Waals surface area contributed by atoms with Gasteiger partial charge in [-0.15, -0.1) is 0 Å². The number of ether oxygens (including phenoxy) is 6. The Hall–Kier alpha value is -3.03. The maximum Gasteiger partial charge on any atom is 0.220 e. The third-order valence-electron chi connectivity index (χ3n) is 16.7. The summed E-state index contributed by atoms with van der Waals surface area (Å²) in [6, 6.07) is -0.983. The van der Waals surface area contributed by atoms with Crippen LogP contribution in [0, 0.1) is 0 Å².